The van der Waals surface area contributed by atoms with Crippen molar-refractivity contribution in [2.45, 2.75) is 18.4 Å². The molecule has 0 atom stereocenters. The summed E-state index contributed by atoms with van der Waals surface area (Å²) in [6.45, 7) is 1.52. The van der Waals surface area contributed by atoms with Gasteiger partial charge in [0.2, 0.25) is 15.9 Å². The number of hydrogen-bond acceptors (Lipinski definition) is 6. The molecule has 0 aliphatic rings. The number of halogens is 1. The lowest BCUT2D eigenvalue weighted by molar-refractivity contribution is 0.387. The number of anilines is 1. The zero-order valence-corrected chi connectivity index (χ0v) is 11.5. The molecule has 3 N–H and O–H groups in total. The standard InChI is InChI=1S/C10H11ClN4O3S/c1-6-14-10(15-18-6)5-13-19(16,17)9-4-7(12)2-3-8(9)11/h2-4,13H,5,12H2,1H3. The van der Waals surface area contributed by atoms with Gasteiger partial charge in [-0.15, -0.1) is 0 Å². The van der Waals surface area contributed by atoms with E-state index < -0.39 is 10.0 Å². The number of aromatic nitrogens is 2. The molecule has 0 amide bonds. The van der Waals surface area contributed by atoms with Gasteiger partial charge in [0, 0.05) is 12.6 Å². The van der Waals surface area contributed by atoms with Crippen molar-refractivity contribution in [2.75, 3.05) is 5.73 Å². The summed E-state index contributed by atoms with van der Waals surface area (Å²) in [5.74, 6) is 0.595. The van der Waals surface area contributed by atoms with Gasteiger partial charge < -0.3 is 10.3 Å². The summed E-state index contributed by atoms with van der Waals surface area (Å²) < 4.78 is 31.2. The van der Waals surface area contributed by atoms with Crippen LogP contribution in [0.2, 0.25) is 5.02 Å². The zero-order valence-electron chi connectivity index (χ0n) is 9.92. The first-order valence-electron chi connectivity index (χ1n) is 5.22. The van der Waals surface area contributed by atoms with Crippen molar-refractivity contribution in [1.29, 1.82) is 0 Å². The van der Waals surface area contributed by atoms with Crippen LogP contribution in [-0.2, 0) is 16.6 Å². The number of nitrogens with zero attached hydrogens (tertiary/aromatic N) is 2. The number of benzene rings is 1. The van der Waals surface area contributed by atoms with Crippen molar-refractivity contribution >= 4 is 27.3 Å². The van der Waals surface area contributed by atoms with Crippen LogP contribution in [0.1, 0.15) is 11.7 Å². The summed E-state index contributed by atoms with van der Waals surface area (Å²) in [5, 5.41) is 3.67. The molecule has 0 fully saturated rings. The van der Waals surface area contributed by atoms with Gasteiger partial charge in [-0.2, -0.15) is 4.98 Å². The highest BCUT2D eigenvalue weighted by atomic mass is 35.5. The number of nitrogens with one attached hydrogen (secondary N) is 1. The third-order valence-corrected chi connectivity index (χ3v) is 4.12. The van der Waals surface area contributed by atoms with Crippen molar-refractivity contribution in [1.82, 2.24) is 14.9 Å². The lowest BCUT2D eigenvalue weighted by Crippen LogP contribution is -2.24. The van der Waals surface area contributed by atoms with Crippen LogP contribution in [0, 0.1) is 6.92 Å². The number of aryl methyl sites for hydroxylation is 1. The van der Waals surface area contributed by atoms with Gasteiger partial charge in [-0.3, -0.25) is 0 Å². The maximum absolute atomic E-state index is 12.0. The van der Waals surface area contributed by atoms with Crippen LogP contribution in [0.5, 0.6) is 0 Å². The molecular weight excluding hydrogens is 292 g/mol. The van der Waals surface area contributed by atoms with Crippen molar-refractivity contribution < 1.29 is 12.9 Å². The maximum atomic E-state index is 12.0. The van der Waals surface area contributed by atoms with E-state index in [0.29, 0.717) is 11.6 Å². The molecule has 2 rings (SSSR count). The minimum absolute atomic E-state index is 0.0885. The Kier molecular flexibility index (Phi) is 3.74. The molecule has 7 nitrogen and oxygen atoms in total. The molecule has 0 saturated heterocycles. The highest BCUT2D eigenvalue weighted by molar-refractivity contribution is 7.89. The van der Waals surface area contributed by atoms with Crippen LogP contribution in [0.3, 0.4) is 0 Å². The molecule has 0 saturated carbocycles. The highest BCUT2D eigenvalue weighted by Gasteiger charge is 2.19. The Morgan fingerprint density at radius 2 is 2.21 bits per heavy atom. The van der Waals surface area contributed by atoms with Gasteiger partial charge in [0.05, 0.1) is 11.6 Å². The fourth-order valence-electron chi connectivity index (χ4n) is 1.38. The molecule has 1 heterocycles. The lowest BCUT2D eigenvalue weighted by Gasteiger charge is -2.07. The second kappa shape index (κ2) is 5.16. The number of nitrogen functional groups attached to an aromatic ring is 1. The predicted molar refractivity (Wildman–Crippen MR) is 68.9 cm³/mol. The third kappa shape index (κ3) is 3.22. The van der Waals surface area contributed by atoms with E-state index in [2.05, 4.69) is 14.9 Å². The molecule has 0 aliphatic carbocycles. The molecule has 1 aromatic carbocycles. The van der Waals surface area contributed by atoms with E-state index in [0.717, 1.165) is 0 Å². The molecule has 102 valence electrons. The predicted octanol–water partition coefficient (Wildman–Crippen LogP) is 1.09. The average molecular weight is 303 g/mol. The normalized spacial score (nSPS) is 11.7. The largest absolute Gasteiger partial charge is 0.399 e. The van der Waals surface area contributed by atoms with Gasteiger partial charge >= 0.3 is 0 Å². The van der Waals surface area contributed by atoms with E-state index in [4.69, 9.17) is 21.9 Å². The van der Waals surface area contributed by atoms with Crippen molar-refractivity contribution in [3.8, 4) is 0 Å². The first-order chi connectivity index (χ1) is 8.88. The van der Waals surface area contributed by atoms with Gasteiger partial charge in [0.25, 0.3) is 0 Å². The van der Waals surface area contributed by atoms with Gasteiger partial charge in [-0.1, -0.05) is 16.8 Å². The number of sulfonamides is 1. The minimum Gasteiger partial charge on any atom is -0.399 e. The van der Waals surface area contributed by atoms with Crippen molar-refractivity contribution in [3.05, 3.63) is 34.9 Å². The average Bonchev–Trinajstić information content (AvgIpc) is 2.76. The summed E-state index contributed by atoms with van der Waals surface area (Å²) in [4.78, 5) is 3.80. The first-order valence-corrected chi connectivity index (χ1v) is 7.08. The molecule has 0 radical (unpaired) electrons. The molecule has 9 heteroatoms. The Labute approximate surface area is 114 Å². The molecule has 0 bridgehead atoms. The number of nitrogens with two attached hydrogens (primary N) is 1. The van der Waals surface area contributed by atoms with Crippen LogP contribution in [0.15, 0.2) is 27.6 Å². The van der Waals surface area contributed by atoms with E-state index in [1.165, 1.54) is 18.2 Å². The fourth-order valence-corrected chi connectivity index (χ4v) is 2.89. The van der Waals surface area contributed by atoms with Gasteiger partial charge in [-0.25, -0.2) is 13.1 Å². The molecular formula is C10H11ClN4O3S. The van der Waals surface area contributed by atoms with E-state index in [-0.39, 0.29) is 22.3 Å². The van der Waals surface area contributed by atoms with Crippen LogP contribution in [0.4, 0.5) is 5.69 Å². The molecule has 0 spiro atoms. The molecule has 2 aromatic rings. The summed E-state index contributed by atoms with van der Waals surface area (Å²) in [6.07, 6.45) is 0. The van der Waals surface area contributed by atoms with Gasteiger partial charge in [0.15, 0.2) is 5.82 Å². The Morgan fingerprint density at radius 3 is 2.84 bits per heavy atom. The third-order valence-electron chi connectivity index (χ3n) is 2.23. The van der Waals surface area contributed by atoms with Crippen LogP contribution < -0.4 is 10.5 Å². The molecule has 1 aromatic heterocycles. The van der Waals surface area contributed by atoms with Crippen molar-refractivity contribution in [3.63, 3.8) is 0 Å². The van der Waals surface area contributed by atoms with E-state index in [1.54, 1.807) is 6.92 Å². The summed E-state index contributed by atoms with van der Waals surface area (Å²) in [6, 6.07) is 4.22. The second-order valence-electron chi connectivity index (χ2n) is 3.74. The Morgan fingerprint density at radius 1 is 1.47 bits per heavy atom. The number of rotatable bonds is 4. The fraction of sp³-hybridized carbons (Fsp3) is 0.200. The quantitative estimate of drug-likeness (QED) is 0.818. The highest BCUT2D eigenvalue weighted by Crippen LogP contribution is 2.23. The van der Waals surface area contributed by atoms with Gasteiger partial charge in [0.1, 0.15) is 4.90 Å². The van der Waals surface area contributed by atoms with Gasteiger partial charge in [-0.05, 0) is 18.2 Å². The second-order valence-corrected chi connectivity index (χ2v) is 5.89. The SMILES string of the molecule is Cc1nc(CNS(=O)(=O)c2cc(N)ccc2Cl)no1. The first kappa shape index (κ1) is 13.8. The Balaban J connectivity index is 2.20. The van der Waals surface area contributed by atoms with E-state index in [1.807, 2.05) is 0 Å². The number of hydrogen-bond donors (Lipinski definition) is 2. The summed E-state index contributed by atoms with van der Waals surface area (Å²) >= 11 is 5.84. The van der Waals surface area contributed by atoms with Crippen LogP contribution >= 0.6 is 11.6 Å². The minimum atomic E-state index is -3.79. The zero-order chi connectivity index (χ0) is 14.0. The maximum Gasteiger partial charge on any atom is 0.242 e. The lowest BCUT2D eigenvalue weighted by atomic mass is 10.3. The monoisotopic (exact) mass is 302 g/mol. The summed E-state index contributed by atoms with van der Waals surface area (Å²) in [7, 11) is -3.79. The van der Waals surface area contributed by atoms with E-state index >= 15 is 0 Å². The molecule has 19 heavy (non-hydrogen) atoms. The summed E-state index contributed by atoms with van der Waals surface area (Å²) in [5.41, 5.74) is 5.85. The molecule has 0 unspecified atom stereocenters. The Bertz CT molecular complexity index is 699. The topological polar surface area (TPSA) is 111 Å². The van der Waals surface area contributed by atoms with Crippen molar-refractivity contribution in [2.24, 2.45) is 0 Å². The van der Waals surface area contributed by atoms with E-state index in [9.17, 15) is 8.42 Å². The molecule has 0 aliphatic heterocycles. The Hall–Kier alpha value is -1.64. The van der Waals surface area contributed by atoms with Crippen LogP contribution in [-0.4, -0.2) is 18.6 Å². The smallest absolute Gasteiger partial charge is 0.242 e. The van der Waals surface area contributed by atoms with Crippen LogP contribution in [0.25, 0.3) is 0 Å².